The topological polar surface area (TPSA) is 102 Å². The smallest absolute Gasteiger partial charge is 0.341 e. The summed E-state index contributed by atoms with van der Waals surface area (Å²) in [5.74, 6) is -2.74. The Morgan fingerprint density at radius 1 is 1.15 bits per heavy atom. The third-order valence-electron chi connectivity index (χ3n) is 3.20. The van der Waals surface area contributed by atoms with Crippen molar-refractivity contribution >= 4 is 43.5 Å². The Kier molecular flexibility index (Phi) is 6.46. The maximum atomic E-state index is 13.8. The van der Waals surface area contributed by atoms with Crippen molar-refractivity contribution in [1.29, 1.82) is 0 Å². The van der Waals surface area contributed by atoms with Gasteiger partial charge in [0.05, 0.1) is 10.5 Å². The van der Waals surface area contributed by atoms with Gasteiger partial charge in [-0.3, -0.25) is 4.79 Å². The molecule has 0 atom stereocenters. The molecule has 0 aromatic heterocycles. The largest absolute Gasteiger partial charge is 0.452 e. The molecule has 0 heterocycles. The minimum absolute atomic E-state index is 0.298. The van der Waals surface area contributed by atoms with Crippen LogP contribution in [0.2, 0.25) is 0 Å². The second kappa shape index (κ2) is 8.39. The van der Waals surface area contributed by atoms with Crippen LogP contribution in [0.25, 0.3) is 0 Å². The first kappa shape index (κ1) is 20.0. The van der Waals surface area contributed by atoms with Crippen molar-refractivity contribution in [3.8, 4) is 0 Å². The quantitative estimate of drug-likeness (QED) is 0.665. The zero-order valence-corrected chi connectivity index (χ0v) is 15.9. The number of hydrogen-bond acceptors (Lipinski definition) is 5. The SMILES string of the molecule is CNS(=O)(=O)c1ccc(F)c(C(=O)OCC(=O)Nc2ccc(Br)cc2)c1. The van der Waals surface area contributed by atoms with Crippen LogP contribution in [0.15, 0.2) is 51.8 Å². The maximum absolute atomic E-state index is 13.8. The van der Waals surface area contributed by atoms with Crippen LogP contribution in [0.5, 0.6) is 0 Å². The highest BCUT2D eigenvalue weighted by molar-refractivity contribution is 9.10. The first-order valence-corrected chi connectivity index (χ1v) is 9.46. The zero-order valence-electron chi connectivity index (χ0n) is 13.5. The average molecular weight is 445 g/mol. The van der Waals surface area contributed by atoms with Gasteiger partial charge in [-0.15, -0.1) is 0 Å². The van der Waals surface area contributed by atoms with Gasteiger partial charge in [0.15, 0.2) is 6.61 Å². The number of nitrogens with one attached hydrogen (secondary N) is 2. The molecule has 2 N–H and O–H groups in total. The van der Waals surface area contributed by atoms with Crippen molar-refractivity contribution in [2.24, 2.45) is 0 Å². The molecule has 0 radical (unpaired) electrons. The van der Waals surface area contributed by atoms with Crippen molar-refractivity contribution in [2.75, 3.05) is 19.0 Å². The Hall–Kier alpha value is -2.30. The van der Waals surface area contributed by atoms with Crippen LogP contribution in [0.3, 0.4) is 0 Å². The van der Waals surface area contributed by atoms with Crippen molar-refractivity contribution in [3.05, 3.63) is 58.3 Å². The Balaban J connectivity index is 2.04. The number of amides is 1. The van der Waals surface area contributed by atoms with Gasteiger partial charge in [0.1, 0.15) is 5.82 Å². The first-order valence-electron chi connectivity index (χ1n) is 7.18. The summed E-state index contributed by atoms with van der Waals surface area (Å²) in [6.45, 7) is -0.655. The number of carbonyl (C=O) groups is 2. The number of ether oxygens (including phenoxy) is 1. The lowest BCUT2D eigenvalue weighted by Gasteiger charge is -2.09. The van der Waals surface area contributed by atoms with E-state index in [9.17, 15) is 22.4 Å². The minimum Gasteiger partial charge on any atom is -0.452 e. The maximum Gasteiger partial charge on any atom is 0.341 e. The highest BCUT2D eigenvalue weighted by atomic mass is 79.9. The van der Waals surface area contributed by atoms with Gasteiger partial charge in [-0.05, 0) is 49.5 Å². The average Bonchev–Trinajstić information content (AvgIpc) is 2.62. The standard InChI is InChI=1S/C16H14BrFN2O5S/c1-19-26(23,24)12-6-7-14(18)13(8-12)16(22)25-9-15(21)20-11-4-2-10(17)3-5-11/h2-8,19H,9H2,1H3,(H,20,21). The van der Waals surface area contributed by atoms with Gasteiger partial charge in [0.25, 0.3) is 5.91 Å². The van der Waals surface area contributed by atoms with Crippen LogP contribution >= 0.6 is 15.9 Å². The molecule has 7 nitrogen and oxygen atoms in total. The number of carbonyl (C=O) groups excluding carboxylic acids is 2. The molecule has 2 aromatic rings. The molecule has 10 heteroatoms. The monoisotopic (exact) mass is 444 g/mol. The number of esters is 1. The molecule has 0 saturated carbocycles. The van der Waals surface area contributed by atoms with Crippen molar-refractivity contribution in [1.82, 2.24) is 4.72 Å². The molecule has 0 aliphatic rings. The zero-order chi connectivity index (χ0) is 19.3. The third-order valence-corrected chi connectivity index (χ3v) is 5.14. The van der Waals surface area contributed by atoms with Gasteiger partial charge in [-0.2, -0.15) is 0 Å². The van der Waals surface area contributed by atoms with E-state index in [1.807, 2.05) is 0 Å². The van der Waals surface area contributed by atoms with E-state index < -0.39 is 39.9 Å². The van der Waals surface area contributed by atoms with Crippen molar-refractivity contribution < 1.29 is 27.1 Å². The molecule has 2 rings (SSSR count). The Bertz CT molecular complexity index is 932. The predicted octanol–water partition coefficient (Wildman–Crippen LogP) is 2.29. The highest BCUT2D eigenvalue weighted by Gasteiger charge is 2.20. The van der Waals surface area contributed by atoms with E-state index >= 15 is 0 Å². The normalized spacial score (nSPS) is 11.0. The second-order valence-corrected chi connectivity index (χ2v) is 7.78. The molecule has 1 amide bonds. The number of rotatable bonds is 6. The summed E-state index contributed by atoms with van der Waals surface area (Å²) in [4.78, 5) is 23.5. The van der Waals surface area contributed by atoms with E-state index in [0.29, 0.717) is 5.69 Å². The molecule has 0 aliphatic carbocycles. The van der Waals surface area contributed by atoms with Gasteiger partial charge in [-0.25, -0.2) is 22.3 Å². The number of halogens is 2. The van der Waals surface area contributed by atoms with E-state index in [-0.39, 0.29) is 4.90 Å². The van der Waals surface area contributed by atoms with Crippen molar-refractivity contribution in [2.45, 2.75) is 4.90 Å². The van der Waals surface area contributed by atoms with Crippen LogP contribution < -0.4 is 10.0 Å². The summed E-state index contributed by atoms with van der Waals surface area (Å²) in [5.41, 5.74) is -0.0969. The summed E-state index contributed by atoms with van der Waals surface area (Å²) in [7, 11) is -2.67. The molecule has 26 heavy (non-hydrogen) atoms. The number of anilines is 1. The highest BCUT2D eigenvalue weighted by Crippen LogP contribution is 2.16. The van der Waals surface area contributed by atoms with E-state index in [0.717, 1.165) is 22.7 Å². The number of hydrogen-bond donors (Lipinski definition) is 2. The van der Waals surface area contributed by atoms with E-state index in [4.69, 9.17) is 4.74 Å². The predicted molar refractivity (Wildman–Crippen MR) is 95.7 cm³/mol. The van der Waals surface area contributed by atoms with Crippen LogP contribution in [0.1, 0.15) is 10.4 Å². The first-order chi connectivity index (χ1) is 12.2. The van der Waals surface area contributed by atoms with Crippen LogP contribution in [-0.2, 0) is 19.6 Å². The fourth-order valence-electron chi connectivity index (χ4n) is 1.88. The van der Waals surface area contributed by atoms with Gasteiger partial charge < -0.3 is 10.1 Å². The van der Waals surface area contributed by atoms with Gasteiger partial charge in [-0.1, -0.05) is 15.9 Å². The van der Waals surface area contributed by atoms with Crippen LogP contribution in [0.4, 0.5) is 10.1 Å². The van der Waals surface area contributed by atoms with E-state index in [1.165, 1.54) is 7.05 Å². The molecular formula is C16H14BrFN2O5S. The molecule has 0 aliphatic heterocycles. The molecule has 0 unspecified atom stereocenters. The van der Waals surface area contributed by atoms with Gasteiger partial charge in [0, 0.05) is 10.2 Å². The molecule has 0 bridgehead atoms. The van der Waals surface area contributed by atoms with E-state index in [1.54, 1.807) is 24.3 Å². The number of sulfonamides is 1. The van der Waals surface area contributed by atoms with Crippen LogP contribution in [-0.4, -0.2) is 33.9 Å². The summed E-state index contributed by atoms with van der Waals surface area (Å²) >= 11 is 3.25. The Morgan fingerprint density at radius 2 is 1.81 bits per heavy atom. The summed E-state index contributed by atoms with van der Waals surface area (Å²) in [5, 5.41) is 2.50. The van der Waals surface area contributed by atoms with Gasteiger partial charge in [0.2, 0.25) is 10.0 Å². The van der Waals surface area contributed by atoms with Crippen molar-refractivity contribution in [3.63, 3.8) is 0 Å². The number of benzene rings is 2. The van der Waals surface area contributed by atoms with E-state index in [2.05, 4.69) is 26.0 Å². The molecule has 0 spiro atoms. The fourth-order valence-corrected chi connectivity index (χ4v) is 2.91. The Labute approximate surface area is 157 Å². The molecule has 0 saturated heterocycles. The second-order valence-electron chi connectivity index (χ2n) is 4.98. The summed E-state index contributed by atoms with van der Waals surface area (Å²) < 4.78 is 44.9. The molecule has 138 valence electrons. The lowest BCUT2D eigenvalue weighted by atomic mass is 10.2. The van der Waals surface area contributed by atoms with Gasteiger partial charge >= 0.3 is 5.97 Å². The fraction of sp³-hybridized carbons (Fsp3) is 0.125. The summed E-state index contributed by atoms with van der Waals surface area (Å²) in [6, 6.07) is 9.39. The van der Waals surface area contributed by atoms with Crippen LogP contribution in [0, 0.1) is 5.82 Å². The molecule has 2 aromatic carbocycles. The lowest BCUT2D eigenvalue weighted by molar-refractivity contribution is -0.119. The molecule has 0 fully saturated rings. The minimum atomic E-state index is -3.85. The lowest BCUT2D eigenvalue weighted by Crippen LogP contribution is -2.22. The Morgan fingerprint density at radius 3 is 2.42 bits per heavy atom. The molecular weight excluding hydrogens is 431 g/mol. The third kappa shape index (κ3) is 5.10. The summed E-state index contributed by atoms with van der Waals surface area (Å²) in [6.07, 6.45) is 0.